The minimum Gasteiger partial charge on any atom is -0.339 e. The van der Waals surface area contributed by atoms with Gasteiger partial charge in [-0.3, -0.25) is 9.59 Å². The van der Waals surface area contributed by atoms with Gasteiger partial charge >= 0.3 is 0 Å². The zero-order chi connectivity index (χ0) is 11.0. The van der Waals surface area contributed by atoms with Crippen LogP contribution >= 0.6 is 0 Å². The maximum Gasteiger partial charge on any atom is 0.247 e. The number of rotatable bonds is 6. The lowest BCUT2D eigenvalue weighted by Crippen LogP contribution is -2.37. The Bertz CT molecular complexity index is 224. The quantitative estimate of drug-likeness (QED) is 0.493. The molecule has 0 fully saturated rings. The van der Waals surface area contributed by atoms with Gasteiger partial charge in [0.1, 0.15) is 0 Å². The third-order valence-corrected chi connectivity index (χ3v) is 1.68. The van der Waals surface area contributed by atoms with Crippen LogP contribution in [0.5, 0.6) is 0 Å². The van der Waals surface area contributed by atoms with Crippen molar-refractivity contribution in [1.29, 1.82) is 0 Å². The van der Waals surface area contributed by atoms with E-state index in [9.17, 15) is 9.59 Å². The molecule has 0 aromatic carbocycles. The van der Waals surface area contributed by atoms with Crippen LogP contribution < -0.4 is 10.6 Å². The molecule has 4 heteroatoms. The van der Waals surface area contributed by atoms with Crippen LogP contribution in [-0.2, 0) is 9.59 Å². The molecule has 0 rings (SSSR count). The van der Waals surface area contributed by atoms with Crippen molar-refractivity contribution in [3.05, 3.63) is 12.2 Å². The van der Waals surface area contributed by atoms with E-state index in [-0.39, 0.29) is 18.5 Å². The third kappa shape index (κ3) is 6.22. The van der Waals surface area contributed by atoms with Crippen LogP contribution in [0.2, 0.25) is 0 Å². The second-order valence-corrected chi connectivity index (χ2v) is 3.17. The number of hydrogen-bond donors (Lipinski definition) is 2. The van der Waals surface area contributed by atoms with Crippen molar-refractivity contribution in [2.24, 2.45) is 0 Å². The molecular formula is C10H18N2O2. The molecule has 0 atom stereocenters. The molecule has 0 aromatic rings. The molecule has 0 saturated heterocycles. The molecular weight excluding hydrogens is 180 g/mol. The van der Waals surface area contributed by atoms with E-state index in [0.29, 0.717) is 12.0 Å². The second-order valence-electron chi connectivity index (χ2n) is 3.17. The Morgan fingerprint density at radius 3 is 2.43 bits per heavy atom. The second kappa shape index (κ2) is 7.12. The average molecular weight is 198 g/mol. The lowest BCUT2D eigenvalue weighted by molar-refractivity contribution is -0.121. The van der Waals surface area contributed by atoms with Gasteiger partial charge in [0, 0.05) is 12.0 Å². The highest BCUT2D eigenvalue weighted by Crippen LogP contribution is 1.92. The van der Waals surface area contributed by atoms with Crippen LogP contribution in [0.3, 0.4) is 0 Å². The van der Waals surface area contributed by atoms with Crippen molar-refractivity contribution < 1.29 is 9.59 Å². The standard InChI is InChI=1S/C10H18N2O2/c1-4-5-6-9(13)11-7-12-10(14)8(2)3/h2,4-7H2,1,3H3,(H,11,13)(H,12,14). The van der Waals surface area contributed by atoms with E-state index in [1.807, 2.05) is 6.92 Å². The van der Waals surface area contributed by atoms with Gasteiger partial charge in [0.25, 0.3) is 0 Å². The van der Waals surface area contributed by atoms with E-state index in [2.05, 4.69) is 17.2 Å². The summed E-state index contributed by atoms with van der Waals surface area (Å²) in [6.45, 7) is 7.30. The number of unbranched alkanes of at least 4 members (excludes halogenated alkanes) is 1. The maximum absolute atomic E-state index is 11.1. The maximum atomic E-state index is 11.1. The van der Waals surface area contributed by atoms with Crippen LogP contribution in [0.4, 0.5) is 0 Å². The Labute approximate surface area is 84.8 Å². The number of hydrogen-bond acceptors (Lipinski definition) is 2. The van der Waals surface area contributed by atoms with Crippen molar-refractivity contribution in [3.63, 3.8) is 0 Å². The van der Waals surface area contributed by atoms with Crippen molar-refractivity contribution >= 4 is 11.8 Å². The Morgan fingerprint density at radius 1 is 1.29 bits per heavy atom. The van der Waals surface area contributed by atoms with E-state index < -0.39 is 0 Å². The molecule has 0 aliphatic carbocycles. The highest BCUT2D eigenvalue weighted by atomic mass is 16.2. The first-order valence-electron chi connectivity index (χ1n) is 4.78. The summed E-state index contributed by atoms with van der Waals surface area (Å²) in [5, 5.41) is 5.11. The molecule has 0 saturated carbocycles. The largest absolute Gasteiger partial charge is 0.339 e. The molecule has 0 unspecified atom stereocenters. The molecule has 2 N–H and O–H groups in total. The summed E-state index contributed by atoms with van der Waals surface area (Å²) in [6.07, 6.45) is 2.38. The molecule has 0 aliphatic heterocycles. The number of carbonyl (C=O) groups is 2. The highest BCUT2D eigenvalue weighted by Gasteiger charge is 2.02. The first-order chi connectivity index (χ1) is 6.57. The molecule has 14 heavy (non-hydrogen) atoms. The molecule has 0 radical (unpaired) electrons. The zero-order valence-electron chi connectivity index (χ0n) is 8.85. The molecule has 0 heterocycles. The van der Waals surface area contributed by atoms with Gasteiger partial charge in [-0.15, -0.1) is 0 Å². The van der Waals surface area contributed by atoms with Crippen molar-refractivity contribution in [1.82, 2.24) is 10.6 Å². The van der Waals surface area contributed by atoms with E-state index in [0.717, 1.165) is 12.8 Å². The zero-order valence-corrected chi connectivity index (χ0v) is 8.85. The lowest BCUT2D eigenvalue weighted by atomic mass is 10.2. The van der Waals surface area contributed by atoms with Gasteiger partial charge in [0.05, 0.1) is 6.67 Å². The van der Waals surface area contributed by atoms with Gasteiger partial charge in [-0.2, -0.15) is 0 Å². The lowest BCUT2D eigenvalue weighted by Gasteiger charge is -2.06. The summed E-state index contributed by atoms with van der Waals surface area (Å²) in [4.78, 5) is 22.0. The SMILES string of the molecule is C=C(C)C(=O)NCNC(=O)CCCC. The van der Waals surface area contributed by atoms with Crippen molar-refractivity contribution in [2.45, 2.75) is 33.1 Å². The van der Waals surface area contributed by atoms with Gasteiger partial charge in [-0.25, -0.2) is 0 Å². The minimum absolute atomic E-state index is 0.0335. The fourth-order valence-corrected chi connectivity index (χ4v) is 0.800. The molecule has 0 aliphatic rings. The first-order valence-corrected chi connectivity index (χ1v) is 4.78. The molecule has 0 bridgehead atoms. The minimum atomic E-state index is -0.235. The summed E-state index contributed by atoms with van der Waals surface area (Å²) < 4.78 is 0. The Hall–Kier alpha value is -1.32. The molecule has 4 nitrogen and oxygen atoms in total. The third-order valence-electron chi connectivity index (χ3n) is 1.68. The summed E-state index contributed by atoms with van der Waals surface area (Å²) >= 11 is 0. The Balaban J connectivity index is 3.49. The van der Waals surface area contributed by atoms with Gasteiger partial charge in [-0.1, -0.05) is 19.9 Å². The van der Waals surface area contributed by atoms with Gasteiger partial charge in [0.15, 0.2) is 0 Å². The van der Waals surface area contributed by atoms with E-state index in [1.165, 1.54) is 0 Å². The van der Waals surface area contributed by atoms with Crippen LogP contribution in [0.15, 0.2) is 12.2 Å². The van der Waals surface area contributed by atoms with E-state index in [1.54, 1.807) is 6.92 Å². The van der Waals surface area contributed by atoms with E-state index in [4.69, 9.17) is 0 Å². The smallest absolute Gasteiger partial charge is 0.247 e. The van der Waals surface area contributed by atoms with Gasteiger partial charge in [0.2, 0.25) is 11.8 Å². The molecule has 80 valence electrons. The predicted octanol–water partition coefficient (Wildman–Crippen LogP) is 0.943. The topological polar surface area (TPSA) is 58.2 Å². The van der Waals surface area contributed by atoms with Crippen LogP contribution in [0, 0.1) is 0 Å². The first kappa shape index (κ1) is 12.7. The Morgan fingerprint density at radius 2 is 1.93 bits per heavy atom. The van der Waals surface area contributed by atoms with Crippen LogP contribution in [0.1, 0.15) is 33.1 Å². The van der Waals surface area contributed by atoms with Gasteiger partial charge < -0.3 is 10.6 Å². The monoisotopic (exact) mass is 198 g/mol. The summed E-state index contributed by atoms with van der Waals surface area (Å²) in [5.41, 5.74) is 0.438. The van der Waals surface area contributed by atoms with Crippen molar-refractivity contribution in [3.8, 4) is 0 Å². The van der Waals surface area contributed by atoms with Gasteiger partial charge in [-0.05, 0) is 13.3 Å². The normalized spacial score (nSPS) is 9.29. The molecule has 0 aromatic heterocycles. The highest BCUT2D eigenvalue weighted by molar-refractivity contribution is 5.92. The van der Waals surface area contributed by atoms with Crippen LogP contribution in [-0.4, -0.2) is 18.5 Å². The number of amides is 2. The van der Waals surface area contributed by atoms with Crippen LogP contribution in [0.25, 0.3) is 0 Å². The fourth-order valence-electron chi connectivity index (χ4n) is 0.800. The number of nitrogens with one attached hydrogen (secondary N) is 2. The molecule has 2 amide bonds. The Kier molecular flexibility index (Phi) is 6.45. The summed E-state index contributed by atoms with van der Waals surface area (Å²) in [6, 6.07) is 0. The fraction of sp³-hybridized carbons (Fsp3) is 0.600. The number of carbonyl (C=O) groups excluding carboxylic acids is 2. The summed E-state index contributed by atoms with van der Waals surface area (Å²) in [5.74, 6) is -0.269. The average Bonchev–Trinajstić information content (AvgIpc) is 2.14. The predicted molar refractivity (Wildman–Crippen MR) is 55.5 cm³/mol. The van der Waals surface area contributed by atoms with Crippen molar-refractivity contribution in [2.75, 3.05) is 6.67 Å². The van der Waals surface area contributed by atoms with E-state index >= 15 is 0 Å². The molecule has 0 spiro atoms. The summed E-state index contributed by atoms with van der Waals surface area (Å²) in [7, 11) is 0.